The Morgan fingerprint density at radius 3 is 2.59 bits per heavy atom. The highest BCUT2D eigenvalue weighted by Crippen LogP contribution is 2.42. The van der Waals surface area contributed by atoms with Crippen molar-refractivity contribution >= 4 is 17.6 Å². The molecule has 0 amide bonds. The smallest absolute Gasteiger partial charge is 0.419 e. The van der Waals surface area contributed by atoms with E-state index in [4.69, 9.17) is 4.74 Å². The minimum absolute atomic E-state index is 0.204. The first kappa shape index (κ1) is 23.4. The summed E-state index contributed by atoms with van der Waals surface area (Å²) in [5, 5.41) is 0. The van der Waals surface area contributed by atoms with Gasteiger partial charge in [-0.25, -0.2) is 9.97 Å². The van der Waals surface area contributed by atoms with Crippen molar-refractivity contribution < 1.29 is 17.9 Å². The molecule has 2 heterocycles. The molecular weight excluding hydrogens is 437 g/mol. The molecule has 0 aliphatic heterocycles. The number of hydrogen-bond acceptors (Lipinski definition) is 6. The summed E-state index contributed by atoms with van der Waals surface area (Å²) in [6.45, 7) is 3.78. The lowest BCUT2D eigenvalue weighted by Crippen LogP contribution is -2.09. The molecule has 1 aromatic carbocycles. The van der Waals surface area contributed by atoms with Crippen LogP contribution in [0.5, 0.6) is 5.75 Å². The van der Waals surface area contributed by atoms with E-state index in [1.807, 2.05) is 26.2 Å². The van der Waals surface area contributed by atoms with Crippen LogP contribution in [0.1, 0.15) is 35.0 Å². The van der Waals surface area contributed by atoms with Crippen LogP contribution in [0.4, 0.5) is 18.9 Å². The van der Waals surface area contributed by atoms with Crippen molar-refractivity contribution in [3.63, 3.8) is 0 Å². The fourth-order valence-electron chi connectivity index (χ4n) is 3.14. The molecule has 0 aliphatic rings. The van der Waals surface area contributed by atoms with Gasteiger partial charge in [0, 0.05) is 23.6 Å². The summed E-state index contributed by atoms with van der Waals surface area (Å²) < 4.78 is 48.9. The summed E-state index contributed by atoms with van der Waals surface area (Å²) in [5.74, 6) is 5.81. The zero-order valence-corrected chi connectivity index (χ0v) is 18.8. The molecule has 9 heteroatoms. The summed E-state index contributed by atoms with van der Waals surface area (Å²) in [4.78, 5) is 12.9. The highest BCUT2D eigenvalue weighted by Gasteiger charge is 2.35. The average molecular weight is 459 g/mol. The quantitative estimate of drug-likeness (QED) is 0.401. The Hall–Kier alpha value is -3.25. The number of nitrogens with zero attached hydrogens (tertiary/aromatic N) is 3. The fourth-order valence-corrected chi connectivity index (χ4v) is 3.57. The maximum atomic E-state index is 13.5. The third kappa shape index (κ3) is 4.97. The van der Waals surface area contributed by atoms with Crippen LogP contribution in [0, 0.1) is 18.8 Å². The molecule has 5 nitrogen and oxygen atoms in total. The molecule has 3 rings (SSSR count). The van der Waals surface area contributed by atoms with E-state index in [-0.39, 0.29) is 17.0 Å². The summed E-state index contributed by atoms with van der Waals surface area (Å²) in [6, 6.07) is 5.71. The topological polar surface area (TPSA) is 59.9 Å². The van der Waals surface area contributed by atoms with E-state index in [1.54, 1.807) is 6.20 Å². The van der Waals surface area contributed by atoms with E-state index in [1.165, 1.54) is 37.5 Å². The van der Waals surface area contributed by atoms with Crippen molar-refractivity contribution in [2.45, 2.75) is 26.4 Å². The van der Waals surface area contributed by atoms with Crippen LogP contribution in [-0.2, 0) is 12.6 Å². The molecule has 1 N–H and O–H groups in total. The molecule has 0 aliphatic carbocycles. The maximum Gasteiger partial charge on any atom is 0.419 e. The molecule has 0 fully saturated rings. The monoisotopic (exact) mass is 458 g/mol. The number of ether oxygens (including phenoxy) is 1. The van der Waals surface area contributed by atoms with Crippen molar-refractivity contribution in [3.8, 4) is 28.8 Å². The summed E-state index contributed by atoms with van der Waals surface area (Å²) in [7, 11) is 1.21. The van der Waals surface area contributed by atoms with Gasteiger partial charge in [-0.05, 0) is 31.5 Å². The molecule has 0 atom stereocenters. The van der Waals surface area contributed by atoms with Crippen molar-refractivity contribution in [3.05, 3.63) is 64.9 Å². The number of para-hydroxylation sites is 1. The number of halogens is 3. The van der Waals surface area contributed by atoms with E-state index >= 15 is 0 Å². The molecule has 0 saturated heterocycles. The number of methoxy groups -OCH3 is 1. The largest absolute Gasteiger partial charge is 0.495 e. The third-order valence-corrected chi connectivity index (χ3v) is 5.10. The van der Waals surface area contributed by atoms with Crippen molar-refractivity contribution in [1.29, 1.82) is 0 Å². The van der Waals surface area contributed by atoms with Gasteiger partial charge < -0.3 is 9.46 Å². The Morgan fingerprint density at radius 2 is 1.94 bits per heavy atom. The van der Waals surface area contributed by atoms with Crippen molar-refractivity contribution in [2.75, 3.05) is 18.1 Å². The molecule has 0 spiro atoms. The van der Waals surface area contributed by atoms with Gasteiger partial charge in [-0.3, -0.25) is 4.98 Å². The molecule has 0 saturated carbocycles. The van der Waals surface area contributed by atoms with Crippen LogP contribution < -0.4 is 9.46 Å². The van der Waals surface area contributed by atoms with Gasteiger partial charge in [0.05, 0.1) is 41.0 Å². The van der Waals surface area contributed by atoms with E-state index in [0.29, 0.717) is 23.2 Å². The predicted octanol–water partition coefficient (Wildman–Crippen LogP) is 5.53. The van der Waals surface area contributed by atoms with Crippen LogP contribution in [0.2, 0.25) is 0 Å². The number of pyridine rings is 1. The molecule has 3 aromatic rings. The van der Waals surface area contributed by atoms with Gasteiger partial charge in [-0.2, -0.15) is 13.2 Å². The molecule has 0 bridgehead atoms. The van der Waals surface area contributed by atoms with Crippen LogP contribution in [0.25, 0.3) is 11.3 Å². The summed E-state index contributed by atoms with van der Waals surface area (Å²) in [6.07, 6.45) is 0.844. The van der Waals surface area contributed by atoms with Gasteiger partial charge in [0.1, 0.15) is 12.1 Å². The van der Waals surface area contributed by atoms with Crippen molar-refractivity contribution in [1.82, 2.24) is 15.0 Å². The minimum Gasteiger partial charge on any atom is -0.495 e. The van der Waals surface area contributed by atoms with Gasteiger partial charge >= 0.3 is 6.18 Å². The molecule has 0 radical (unpaired) electrons. The number of aryl methyl sites for hydroxylation is 2. The average Bonchev–Trinajstić information content (AvgIpc) is 2.78. The van der Waals surface area contributed by atoms with Gasteiger partial charge in [-0.15, -0.1) is 0 Å². The summed E-state index contributed by atoms with van der Waals surface area (Å²) >= 11 is 1.44. The van der Waals surface area contributed by atoms with Crippen LogP contribution in [0.3, 0.4) is 0 Å². The maximum absolute atomic E-state index is 13.5. The molecule has 2 aromatic heterocycles. The van der Waals surface area contributed by atoms with Crippen LogP contribution in [-0.4, -0.2) is 28.3 Å². The zero-order valence-electron chi connectivity index (χ0n) is 18.0. The first-order chi connectivity index (χ1) is 15.3. The van der Waals surface area contributed by atoms with Gasteiger partial charge in [-0.1, -0.05) is 36.8 Å². The van der Waals surface area contributed by atoms with Crippen LogP contribution >= 0.6 is 11.9 Å². The standard InChI is InChI=1S/C23H21F3N4OS/c1-5-19-16(10-9-15-11-20(30-32-4)14(2)27-12-15)21(29-13-28-19)17-7-6-8-18(22(17)31-3)23(24,25)26/h6-8,11-13,30H,5H2,1-4H3. The molecule has 0 unspecified atom stereocenters. The van der Waals surface area contributed by atoms with E-state index in [9.17, 15) is 13.2 Å². The Kier molecular flexibility index (Phi) is 7.26. The second-order valence-corrected chi connectivity index (χ2v) is 7.31. The Morgan fingerprint density at radius 1 is 1.16 bits per heavy atom. The Labute approximate surface area is 189 Å². The highest BCUT2D eigenvalue weighted by molar-refractivity contribution is 7.99. The van der Waals surface area contributed by atoms with E-state index in [0.717, 1.165) is 17.4 Å². The van der Waals surface area contributed by atoms with Crippen molar-refractivity contribution in [2.24, 2.45) is 0 Å². The molecule has 166 valence electrons. The predicted molar refractivity (Wildman–Crippen MR) is 120 cm³/mol. The summed E-state index contributed by atoms with van der Waals surface area (Å²) in [5.41, 5.74) is 3.02. The lowest BCUT2D eigenvalue weighted by molar-refractivity contribution is -0.138. The number of rotatable bonds is 5. The number of benzene rings is 1. The lowest BCUT2D eigenvalue weighted by atomic mass is 9.99. The van der Waals surface area contributed by atoms with Gasteiger partial charge in [0.25, 0.3) is 0 Å². The normalized spacial score (nSPS) is 11.0. The van der Waals surface area contributed by atoms with E-state index < -0.39 is 11.7 Å². The van der Waals surface area contributed by atoms with Gasteiger partial charge in [0.2, 0.25) is 0 Å². The number of hydrogen-bond donors (Lipinski definition) is 1. The van der Waals surface area contributed by atoms with Gasteiger partial charge in [0.15, 0.2) is 0 Å². The second kappa shape index (κ2) is 9.92. The third-order valence-electron chi connectivity index (χ3n) is 4.67. The molecular formula is C23H21F3N4OS. The van der Waals surface area contributed by atoms with E-state index in [2.05, 4.69) is 31.5 Å². The first-order valence-corrected chi connectivity index (χ1v) is 10.9. The minimum atomic E-state index is -4.57. The number of nitrogens with one attached hydrogen (secondary N) is 1. The Balaban J connectivity index is 2.19. The number of aromatic nitrogens is 3. The SMILES string of the molecule is CCc1ncnc(-c2cccc(C(F)(F)F)c2OC)c1C#Cc1cnc(C)c(NSC)c1. The number of alkyl halides is 3. The highest BCUT2D eigenvalue weighted by atomic mass is 32.2. The zero-order chi connectivity index (χ0) is 23.3. The Bertz CT molecular complexity index is 1190. The van der Waals surface area contributed by atoms with Crippen LogP contribution in [0.15, 0.2) is 36.8 Å². The second-order valence-electron chi connectivity index (χ2n) is 6.69. The molecule has 32 heavy (non-hydrogen) atoms. The first-order valence-electron chi connectivity index (χ1n) is 9.66. The fraction of sp³-hybridized carbons (Fsp3) is 0.261. The lowest BCUT2D eigenvalue weighted by Gasteiger charge is -2.16. The number of anilines is 1.